The lowest BCUT2D eigenvalue weighted by molar-refractivity contribution is -0.138. The van der Waals surface area contributed by atoms with Crippen molar-refractivity contribution >= 4 is 21.7 Å². The molecular formula is C14H12N2O4S. The molecule has 2 aliphatic rings. The van der Waals surface area contributed by atoms with Gasteiger partial charge in [-0.2, -0.15) is 0 Å². The van der Waals surface area contributed by atoms with Gasteiger partial charge in [-0.3, -0.25) is 9.29 Å². The minimum atomic E-state index is -3.71. The third kappa shape index (κ3) is 2.15. The molecule has 0 spiro atoms. The molecule has 0 fully saturated rings. The van der Waals surface area contributed by atoms with Crippen molar-refractivity contribution in [3.8, 4) is 11.1 Å². The summed E-state index contributed by atoms with van der Waals surface area (Å²) in [5.41, 5.74) is 2.19. The van der Waals surface area contributed by atoms with Gasteiger partial charge in [0.2, 0.25) is 10.0 Å². The van der Waals surface area contributed by atoms with E-state index in [9.17, 15) is 18.3 Å². The molecule has 0 aliphatic carbocycles. The van der Waals surface area contributed by atoms with Gasteiger partial charge in [0.1, 0.15) is 0 Å². The van der Waals surface area contributed by atoms with E-state index >= 15 is 0 Å². The zero-order valence-electron chi connectivity index (χ0n) is 11.1. The third-order valence-electron chi connectivity index (χ3n) is 3.37. The highest BCUT2D eigenvalue weighted by atomic mass is 32.2. The maximum atomic E-state index is 12.0. The number of aromatic nitrogens is 1. The summed E-state index contributed by atoms with van der Waals surface area (Å²) in [6.45, 7) is 0. The van der Waals surface area contributed by atoms with Gasteiger partial charge in [-0.1, -0.05) is 12.1 Å². The Morgan fingerprint density at radius 1 is 1.33 bits per heavy atom. The number of hydrogen-bond donors (Lipinski definition) is 1. The van der Waals surface area contributed by atoms with Gasteiger partial charge in [-0.15, -0.1) is 0 Å². The minimum Gasteiger partial charge on any atom is -0.479 e. The molecule has 1 N–H and O–H groups in total. The standard InChI is InChI=1S/C14H12N2O4S/c1-21(19,20)16-12-5-4-9(13(16)14(17)18)7-11(12)10-3-2-6-15-8-10/h2-8,13H,1H3,(H,17,18). The number of benzene rings is 1. The van der Waals surface area contributed by atoms with Crippen LogP contribution < -0.4 is 4.31 Å². The van der Waals surface area contributed by atoms with Crippen LogP contribution in [-0.2, 0) is 14.8 Å². The largest absolute Gasteiger partial charge is 0.479 e. The second-order valence-electron chi connectivity index (χ2n) is 4.82. The predicted molar refractivity (Wildman–Crippen MR) is 77.4 cm³/mol. The lowest BCUT2D eigenvalue weighted by Gasteiger charge is -2.35. The number of carboxylic acid groups (broad SMARTS) is 1. The van der Waals surface area contributed by atoms with E-state index in [0.29, 0.717) is 16.8 Å². The number of pyridine rings is 1. The van der Waals surface area contributed by atoms with E-state index in [-0.39, 0.29) is 0 Å². The van der Waals surface area contributed by atoms with E-state index in [2.05, 4.69) is 4.98 Å². The van der Waals surface area contributed by atoms with E-state index in [0.717, 1.165) is 16.1 Å². The highest BCUT2D eigenvalue weighted by Gasteiger charge is 2.39. The molecular weight excluding hydrogens is 292 g/mol. The number of fused-ring (bicyclic) bond motifs is 3. The maximum Gasteiger partial charge on any atom is 0.332 e. The quantitative estimate of drug-likeness (QED) is 0.931. The molecule has 21 heavy (non-hydrogen) atoms. The zero-order valence-corrected chi connectivity index (χ0v) is 11.9. The Kier molecular flexibility index (Phi) is 2.94. The molecule has 0 amide bonds. The smallest absolute Gasteiger partial charge is 0.332 e. The van der Waals surface area contributed by atoms with Crippen molar-refractivity contribution in [1.29, 1.82) is 0 Å². The van der Waals surface area contributed by atoms with Crippen LogP contribution in [0.3, 0.4) is 0 Å². The molecule has 6 nitrogen and oxygen atoms in total. The van der Waals surface area contributed by atoms with Crippen molar-refractivity contribution in [3.63, 3.8) is 0 Å². The fourth-order valence-electron chi connectivity index (χ4n) is 2.56. The Morgan fingerprint density at radius 3 is 2.67 bits per heavy atom. The fraction of sp³-hybridized carbons (Fsp3) is 0.143. The number of nitrogens with zero attached hydrogens (tertiary/aromatic N) is 2. The van der Waals surface area contributed by atoms with Crippen molar-refractivity contribution in [1.82, 2.24) is 4.98 Å². The summed E-state index contributed by atoms with van der Waals surface area (Å²) in [6, 6.07) is 7.30. The molecule has 0 saturated heterocycles. The highest BCUT2D eigenvalue weighted by molar-refractivity contribution is 7.92. The first kappa shape index (κ1) is 13.6. The van der Waals surface area contributed by atoms with Crippen LogP contribution in [0.4, 0.5) is 5.69 Å². The summed E-state index contributed by atoms with van der Waals surface area (Å²) in [6.07, 6.45) is 4.24. The van der Waals surface area contributed by atoms with Crippen molar-refractivity contribution < 1.29 is 18.3 Å². The molecule has 1 aromatic carbocycles. The highest BCUT2D eigenvalue weighted by Crippen LogP contribution is 2.43. The average molecular weight is 304 g/mol. The fourth-order valence-corrected chi connectivity index (χ4v) is 3.67. The van der Waals surface area contributed by atoms with E-state index in [4.69, 9.17) is 0 Å². The summed E-state index contributed by atoms with van der Waals surface area (Å²) < 4.78 is 25.0. The number of carboxylic acids is 1. The van der Waals surface area contributed by atoms with Crippen molar-refractivity contribution in [2.24, 2.45) is 0 Å². The topological polar surface area (TPSA) is 87.6 Å². The van der Waals surface area contributed by atoms with Crippen LogP contribution in [0.25, 0.3) is 11.1 Å². The van der Waals surface area contributed by atoms with Crippen molar-refractivity contribution in [3.05, 3.63) is 48.3 Å². The van der Waals surface area contributed by atoms with Gasteiger partial charge < -0.3 is 5.11 Å². The van der Waals surface area contributed by atoms with Crippen LogP contribution in [-0.4, -0.2) is 30.7 Å². The van der Waals surface area contributed by atoms with Crippen LogP contribution in [0.2, 0.25) is 0 Å². The predicted octanol–water partition coefficient (Wildman–Crippen LogP) is 1.65. The molecule has 0 radical (unpaired) electrons. The van der Waals surface area contributed by atoms with Gasteiger partial charge >= 0.3 is 5.97 Å². The Bertz CT molecular complexity index is 818. The molecule has 3 heterocycles. The molecule has 7 heteroatoms. The minimum absolute atomic E-state index is 0.355. The first-order valence-electron chi connectivity index (χ1n) is 6.16. The van der Waals surface area contributed by atoms with Crippen molar-refractivity contribution in [2.45, 2.75) is 6.04 Å². The second kappa shape index (κ2) is 4.56. The number of rotatable bonds is 3. The Hall–Kier alpha value is -2.41. The molecule has 0 saturated carbocycles. The van der Waals surface area contributed by atoms with Gasteiger partial charge in [-0.25, -0.2) is 13.2 Å². The van der Waals surface area contributed by atoms with E-state index in [1.807, 2.05) is 0 Å². The van der Waals surface area contributed by atoms with Crippen LogP contribution in [0.15, 0.2) is 42.7 Å². The van der Waals surface area contributed by atoms with E-state index < -0.39 is 22.0 Å². The van der Waals surface area contributed by atoms with Crippen LogP contribution >= 0.6 is 0 Å². The lowest BCUT2D eigenvalue weighted by Crippen LogP contribution is -2.41. The lowest BCUT2D eigenvalue weighted by atomic mass is 9.93. The van der Waals surface area contributed by atoms with Crippen molar-refractivity contribution in [2.75, 3.05) is 10.6 Å². The molecule has 108 valence electrons. The number of sulfonamides is 1. The van der Waals surface area contributed by atoms with Crippen LogP contribution in [0, 0.1) is 0 Å². The molecule has 4 rings (SSSR count). The maximum absolute atomic E-state index is 12.0. The normalized spacial score (nSPS) is 17.0. The van der Waals surface area contributed by atoms with Gasteiger partial charge in [-0.05, 0) is 23.8 Å². The SMILES string of the molecule is CS(=O)(=O)N1c2ccc(cc2-c2cccnc2)C1C(=O)O. The average Bonchev–Trinajstić information content (AvgIpc) is 2.46. The summed E-state index contributed by atoms with van der Waals surface area (Å²) in [7, 11) is -3.71. The van der Waals surface area contributed by atoms with E-state index in [1.54, 1.807) is 42.7 Å². The van der Waals surface area contributed by atoms with Gasteiger partial charge in [0.05, 0.1) is 11.9 Å². The molecule has 1 unspecified atom stereocenters. The molecule has 2 aliphatic heterocycles. The van der Waals surface area contributed by atoms with Gasteiger partial charge in [0, 0.05) is 23.5 Å². The Balaban J connectivity index is 2.26. The summed E-state index contributed by atoms with van der Waals surface area (Å²) in [5.74, 6) is -1.20. The summed E-state index contributed by atoms with van der Waals surface area (Å²) in [4.78, 5) is 15.4. The number of carbonyl (C=O) groups is 1. The summed E-state index contributed by atoms with van der Waals surface area (Å²) in [5, 5.41) is 9.34. The van der Waals surface area contributed by atoms with Crippen LogP contribution in [0.1, 0.15) is 11.6 Å². The summed E-state index contributed by atoms with van der Waals surface area (Å²) >= 11 is 0. The molecule has 1 atom stereocenters. The molecule has 1 aromatic heterocycles. The Labute approximate surface area is 121 Å². The van der Waals surface area contributed by atoms with Crippen LogP contribution in [0.5, 0.6) is 0 Å². The number of aliphatic carboxylic acids is 1. The first-order chi connectivity index (χ1) is 9.89. The third-order valence-corrected chi connectivity index (χ3v) is 4.49. The monoisotopic (exact) mass is 304 g/mol. The first-order valence-corrected chi connectivity index (χ1v) is 8.01. The Morgan fingerprint density at radius 2 is 2.10 bits per heavy atom. The van der Waals surface area contributed by atoms with Gasteiger partial charge in [0.15, 0.2) is 6.04 Å². The number of hydrogen-bond acceptors (Lipinski definition) is 4. The zero-order chi connectivity index (χ0) is 15.2. The molecule has 2 bridgehead atoms. The second-order valence-corrected chi connectivity index (χ2v) is 6.68. The molecule has 2 aromatic rings. The number of anilines is 1. The van der Waals surface area contributed by atoms with Gasteiger partial charge in [0.25, 0.3) is 0 Å². The van der Waals surface area contributed by atoms with E-state index in [1.165, 1.54) is 0 Å².